The molecule has 116 valence electrons. The molecule has 0 aromatic heterocycles. The zero-order chi connectivity index (χ0) is 15.5. The van der Waals surface area contributed by atoms with Gasteiger partial charge in [0.1, 0.15) is 5.75 Å². The van der Waals surface area contributed by atoms with Crippen LogP contribution >= 0.6 is 11.6 Å². The van der Waals surface area contributed by atoms with Gasteiger partial charge in [0.15, 0.2) is 0 Å². The molecule has 0 saturated carbocycles. The van der Waals surface area contributed by atoms with Crippen molar-refractivity contribution < 1.29 is 5.11 Å². The minimum Gasteiger partial charge on any atom is -0.506 e. The number of halogens is 1. The van der Waals surface area contributed by atoms with Crippen molar-refractivity contribution in [2.45, 2.75) is 13.0 Å². The quantitative estimate of drug-likeness (QED) is 0.929. The Morgan fingerprint density at radius 2 is 1.59 bits per heavy atom. The minimum absolute atomic E-state index is 0.306. The number of aromatic hydroxyl groups is 1. The Morgan fingerprint density at radius 3 is 2.27 bits per heavy atom. The Labute approximate surface area is 136 Å². The van der Waals surface area contributed by atoms with Crippen LogP contribution in [-0.4, -0.2) is 36.2 Å². The molecule has 0 radical (unpaired) electrons. The van der Waals surface area contributed by atoms with E-state index in [2.05, 4.69) is 22.8 Å². The molecule has 1 N–H and O–H groups in total. The van der Waals surface area contributed by atoms with Crippen LogP contribution in [0.2, 0.25) is 5.02 Å². The lowest BCUT2D eigenvalue weighted by atomic mass is 10.1. The molecular formula is C18H21ClN2O. The monoisotopic (exact) mass is 316 g/mol. The van der Waals surface area contributed by atoms with Crippen LogP contribution < -0.4 is 4.90 Å². The normalized spacial score (nSPS) is 17.5. The third kappa shape index (κ3) is 3.06. The predicted octanol–water partition coefficient (Wildman–Crippen LogP) is 3.93. The largest absolute Gasteiger partial charge is 0.506 e. The summed E-state index contributed by atoms with van der Waals surface area (Å²) in [6.07, 6.45) is 0. The highest BCUT2D eigenvalue weighted by atomic mass is 35.5. The van der Waals surface area contributed by atoms with Crippen LogP contribution in [-0.2, 0) is 0 Å². The molecule has 0 bridgehead atoms. The van der Waals surface area contributed by atoms with E-state index >= 15 is 0 Å². The second-order valence-corrected chi connectivity index (χ2v) is 6.12. The van der Waals surface area contributed by atoms with Gasteiger partial charge in [-0.25, -0.2) is 0 Å². The van der Waals surface area contributed by atoms with E-state index in [1.54, 1.807) is 6.07 Å². The van der Waals surface area contributed by atoms with Crippen LogP contribution in [0.25, 0.3) is 0 Å². The van der Waals surface area contributed by atoms with E-state index in [1.807, 2.05) is 36.4 Å². The van der Waals surface area contributed by atoms with Gasteiger partial charge in [-0.2, -0.15) is 0 Å². The summed E-state index contributed by atoms with van der Waals surface area (Å²) in [5, 5.41) is 10.8. The van der Waals surface area contributed by atoms with Gasteiger partial charge in [0.2, 0.25) is 0 Å². The topological polar surface area (TPSA) is 26.7 Å². The fraction of sp³-hybridized carbons (Fsp3) is 0.333. The number of benzene rings is 2. The van der Waals surface area contributed by atoms with Gasteiger partial charge >= 0.3 is 0 Å². The lowest BCUT2D eigenvalue weighted by Crippen LogP contribution is -2.47. The summed E-state index contributed by atoms with van der Waals surface area (Å²) >= 11 is 6.31. The smallest absolute Gasteiger partial charge is 0.138 e. The Hall–Kier alpha value is -1.71. The summed E-state index contributed by atoms with van der Waals surface area (Å²) in [5.74, 6) is 0.357. The molecule has 3 nitrogen and oxygen atoms in total. The number of anilines is 1. The van der Waals surface area contributed by atoms with E-state index in [4.69, 9.17) is 11.6 Å². The Balaban J connectivity index is 1.67. The molecule has 0 spiro atoms. The maximum Gasteiger partial charge on any atom is 0.138 e. The maximum absolute atomic E-state index is 9.98. The second-order valence-electron chi connectivity index (χ2n) is 5.71. The van der Waals surface area contributed by atoms with Gasteiger partial charge in [-0.1, -0.05) is 41.9 Å². The molecule has 3 rings (SSSR count). The van der Waals surface area contributed by atoms with Gasteiger partial charge < -0.3 is 10.0 Å². The van der Waals surface area contributed by atoms with E-state index in [-0.39, 0.29) is 0 Å². The molecule has 1 aliphatic rings. The molecule has 1 heterocycles. The first-order valence-corrected chi connectivity index (χ1v) is 8.06. The Morgan fingerprint density at radius 1 is 0.955 bits per heavy atom. The third-order valence-electron chi connectivity index (χ3n) is 4.44. The molecular weight excluding hydrogens is 296 g/mol. The van der Waals surface area contributed by atoms with Gasteiger partial charge in [-0.15, -0.1) is 0 Å². The van der Waals surface area contributed by atoms with Gasteiger partial charge in [0.05, 0.1) is 5.69 Å². The third-order valence-corrected chi connectivity index (χ3v) is 4.78. The van der Waals surface area contributed by atoms with Crippen molar-refractivity contribution in [1.82, 2.24) is 4.90 Å². The van der Waals surface area contributed by atoms with Crippen molar-refractivity contribution >= 4 is 17.3 Å². The number of rotatable bonds is 3. The van der Waals surface area contributed by atoms with Crippen molar-refractivity contribution in [3.05, 3.63) is 59.1 Å². The van der Waals surface area contributed by atoms with Crippen molar-refractivity contribution in [1.29, 1.82) is 0 Å². The van der Waals surface area contributed by atoms with Crippen LogP contribution in [0.3, 0.4) is 0 Å². The van der Waals surface area contributed by atoms with Crippen LogP contribution in [0.15, 0.2) is 48.5 Å². The van der Waals surface area contributed by atoms with Gasteiger partial charge in [0, 0.05) is 37.2 Å². The SMILES string of the molecule is C[C@H](c1ccccc1Cl)N1CCN(c2ccccc2O)CC1. The van der Waals surface area contributed by atoms with Crippen LogP contribution in [0.1, 0.15) is 18.5 Å². The molecule has 1 atom stereocenters. The highest BCUT2D eigenvalue weighted by Crippen LogP contribution is 2.31. The van der Waals surface area contributed by atoms with E-state index in [9.17, 15) is 5.11 Å². The average molecular weight is 317 g/mol. The van der Waals surface area contributed by atoms with Gasteiger partial charge in [-0.3, -0.25) is 4.90 Å². The van der Waals surface area contributed by atoms with E-state index in [0.29, 0.717) is 11.8 Å². The summed E-state index contributed by atoms with van der Waals surface area (Å²) in [5.41, 5.74) is 2.10. The van der Waals surface area contributed by atoms with Crippen molar-refractivity contribution in [3.8, 4) is 5.75 Å². The van der Waals surface area contributed by atoms with Crippen LogP contribution in [0, 0.1) is 0 Å². The van der Waals surface area contributed by atoms with Crippen molar-refractivity contribution in [2.24, 2.45) is 0 Å². The van der Waals surface area contributed by atoms with Gasteiger partial charge in [-0.05, 0) is 30.7 Å². The first kappa shape index (κ1) is 15.2. The molecule has 22 heavy (non-hydrogen) atoms. The summed E-state index contributed by atoms with van der Waals surface area (Å²) in [4.78, 5) is 4.68. The number of phenolic OH excluding ortho intramolecular Hbond substituents is 1. The first-order valence-electron chi connectivity index (χ1n) is 7.68. The molecule has 4 heteroatoms. The summed E-state index contributed by atoms with van der Waals surface area (Å²) in [6.45, 7) is 5.94. The number of para-hydroxylation sites is 2. The van der Waals surface area contributed by atoms with Crippen LogP contribution in [0.5, 0.6) is 5.75 Å². The summed E-state index contributed by atoms with van der Waals surface area (Å²) < 4.78 is 0. The first-order chi connectivity index (χ1) is 10.7. The lowest BCUT2D eigenvalue weighted by Gasteiger charge is -2.39. The van der Waals surface area contributed by atoms with E-state index in [0.717, 1.165) is 36.9 Å². The van der Waals surface area contributed by atoms with Gasteiger partial charge in [0.25, 0.3) is 0 Å². The minimum atomic E-state index is 0.306. The lowest BCUT2D eigenvalue weighted by molar-refractivity contribution is 0.198. The molecule has 0 amide bonds. The second kappa shape index (κ2) is 6.59. The molecule has 1 saturated heterocycles. The molecule has 1 fully saturated rings. The molecule has 0 unspecified atom stereocenters. The van der Waals surface area contributed by atoms with E-state index in [1.165, 1.54) is 5.56 Å². The fourth-order valence-corrected chi connectivity index (χ4v) is 3.39. The number of phenols is 1. The highest BCUT2D eigenvalue weighted by Gasteiger charge is 2.24. The standard InChI is InChI=1S/C18H21ClN2O/c1-14(15-6-2-3-7-16(15)19)20-10-12-21(13-11-20)17-8-4-5-9-18(17)22/h2-9,14,22H,10-13H2,1H3/t14-/m1/s1. The maximum atomic E-state index is 9.98. The summed E-state index contributed by atoms with van der Waals surface area (Å²) in [6, 6.07) is 15.9. The Kier molecular flexibility index (Phi) is 4.55. The zero-order valence-corrected chi connectivity index (χ0v) is 13.5. The number of hydrogen-bond donors (Lipinski definition) is 1. The number of nitrogens with zero attached hydrogens (tertiary/aromatic N) is 2. The zero-order valence-electron chi connectivity index (χ0n) is 12.7. The van der Waals surface area contributed by atoms with Crippen LogP contribution in [0.4, 0.5) is 5.69 Å². The van der Waals surface area contributed by atoms with Crippen molar-refractivity contribution in [2.75, 3.05) is 31.1 Å². The molecule has 2 aromatic carbocycles. The summed E-state index contributed by atoms with van der Waals surface area (Å²) in [7, 11) is 0. The highest BCUT2D eigenvalue weighted by molar-refractivity contribution is 6.31. The predicted molar refractivity (Wildman–Crippen MR) is 91.8 cm³/mol. The van der Waals surface area contributed by atoms with Crippen molar-refractivity contribution in [3.63, 3.8) is 0 Å². The Bertz CT molecular complexity index is 638. The van der Waals surface area contributed by atoms with E-state index < -0.39 is 0 Å². The number of hydrogen-bond acceptors (Lipinski definition) is 3. The molecule has 0 aliphatic carbocycles. The average Bonchev–Trinajstić information content (AvgIpc) is 2.55. The molecule has 1 aliphatic heterocycles. The number of piperazine rings is 1. The fourth-order valence-electron chi connectivity index (χ4n) is 3.09. The molecule has 2 aromatic rings.